The predicted molar refractivity (Wildman–Crippen MR) is 126 cm³/mol. The van der Waals surface area contributed by atoms with Crippen LogP contribution in [-0.2, 0) is 17.6 Å². The van der Waals surface area contributed by atoms with Crippen LogP contribution in [0.2, 0.25) is 0 Å². The Morgan fingerprint density at radius 2 is 1.73 bits per heavy atom. The van der Waals surface area contributed by atoms with Crippen LogP contribution in [0.1, 0.15) is 46.5 Å². The molecule has 4 rings (SSSR count). The third kappa shape index (κ3) is 4.60. The number of benzene rings is 3. The molecule has 0 saturated carbocycles. The summed E-state index contributed by atoms with van der Waals surface area (Å²) in [6.45, 7) is 6.31. The second-order valence-electron chi connectivity index (χ2n) is 7.93. The Labute approximate surface area is 181 Å². The molecule has 152 valence electrons. The molecule has 4 heteroatoms. The fraction of sp³-hybridized carbons (Fsp3) is 0.231. The van der Waals surface area contributed by atoms with Gasteiger partial charge in [0.15, 0.2) is 0 Å². The van der Waals surface area contributed by atoms with E-state index in [0.29, 0.717) is 12.3 Å². The van der Waals surface area contributed by atoms with Crippen molar-refractivity contribution in [2.75, 3.05) is 5.32 Å². The van der Waals surface area contributed by atoms with Gasteiger partial charge in [0, 0.05) is 17.0 Å². The van der Waals surface area contributed by atoms with Gasteiger partial charge in [-0.1, -0.05) is 68.4 Å². The van der Waals surface area contributed by atoms with Crippen molar-refractivity contribution in [1.29, 1.82) is 0 Å². The van der Waals surface area contributed by atoms with Crippen LogP contribution < -0.4 is 5.32 Å². The fourth-order valence-electron chi connectivity index (χ4n) is 3.64. The molecule has 4 aromatic rings. The number of aromatic nitrogens is 1. The number of hydrogen-bond acceptors (Lipinski definition) is 3. The molecular formula is C26H26N2OS. The molecule has 3 aromatic carbocycles. The average Bonchev–Trinajstić information content (AvgIpc) is 3.07. The number of rotatable bonds is 6. The Balaban J connectivity index is 1.45. The average molecular weight is 415 g/mol. The van der Waals surface area contributed by atoms with Crippen molar-refractivity contribution in [3.8, 4) is 0 Å². The molecule has 1 amide bonds. The van der Waals surface area contributed by atoms with E-state index in [9.17, 15) is 4.79 Å². The van der Waals surface area contributed by atoms with E-state index in [-0.39, 0.29) is 5.91 Å². The highest BCUT2D eigenvalue weighted by molar-refractivity contribution is 7.11. The second-order valence-corrected chi connectivity index (χ2v) is 9.10. The second kappa shape index (κ2) is 8.80. The van der Waals surface area contributed by atoms with Crippen molar-refractivity contribution in [2.24, 2.45) is 0 Å². The third-order valence-electron chi connectivity index (χ3n) is 5.34. The molecular weight excluding hydrogens is 388 g/mol. The van der Waals surface area contributed by atoms with E-state index >= 15 is 0 Å². The minimum Gasteiger partial charge on any atom is -0.326 e. The maximum Gasteiger partial charge on any atom is 0.229 e. The van der Waals surface area contributed by atoms with Crippen LogP contribution in [0.25, 0.3) is 10.8 Å². The van der Waals surface area contributed by atoms with E-state index in [1.54, 1.807) is 11.3 Å². The molecule has 0 aliphatic heterocycles. The highest BCUT2D eigenvalue weighted by Gasteiger charge is 2.13. The Morgan fingerprint density at radius 1 is 1.00 bits per heavy atom. The molecule has 1 N–H and O–H groups in total. The van der Waals surface area contributed by atoms with Gasteiger partial charge in [-0.15, -0.1) is 11.3 Å². The summed E-state index contributed by atoms with van der Waals surface area (Å²) in [6, 6.07) is 22.9. The minimum atomic E-state index is -0.00393. The van der Waals surface area contributed by atoms with Crippen molar-refractivity contribution in [3.63, 3.8) is 0 Å². The van der Waals surface area contributed by atoms with Gasteiger partial charge < -0.3 is 5.32 Å². The number of nitrogens with one attached hydrogen (secondary N) is 1. The summed E-state index contributed by atoms with van der Waals surface area (Å²) in [6.07, 6.45) is 1.14. The fourth-order valence-corrected chi connectivity index (χ4v) is 4.73. The molecule has 0 saturated heterocycles. The Morgan fingerprint density at radius 3 is 2.50 bits per heavy atom. The number of carbonyl (C=O) groups excluding carboxylic acids is 1. The number of anilines is 1. The van der Waals surface area contributed by atoms with Crippen molar-refractivity contribution in [3.05, 3.63) is 93.4 Å². The van der Waals surface area contributed by atoms with Crippen molar-refractivity contribution < 1.29 is 4.79 Å². The van der Waals surface area contributed by atoms with E-state index in [4.69, 9.17) is 4.98 Å². The van der Waals surface area contributed by atoms with Crippen LogP contribution in [-0.4, -0.2) is 10.9 Å². The molecule has 3 nitrogen and oxygen atoms in total. The summed E-state index contributed by atoms with van der Waals surface area (Å²) < 4.78 is 0. The van der Waals surface area contributed by atoms with Crippen molar-refractivity contribution >= 4 is 33.7 Å². The molecule has 0 fully saturated rings. The van der Waals surface area contributed by atoms with Crippen LogP contribution in [0.4, 0.5) is 5.69 Å². The first-order chi connectivity index (χ1) is 14.5. The number of amides is 1. The number of hydrogen-bond donors (Lipinski definition) is 1. The topological polar surface area (TPSA) is 42.0 Å². The van der Waals surface area contributed by atoms with E-state index < -0.39 is 0 Å². The molecule has 1 aromatic heterocycles. The molecule has 30 heavy (non-hydrogen) atoms. The van der Waals surface area contributed by atoms with Crippen LogP contribution in [0.3, 0.4) is 0 Å². The lowest BCUT2D eigenvalue weighted by molar-refractivity contribution is -0.115. The van der Waals surface area contributed by atoms with Gasteiger partial charge in [-0.3, -0.25) is 4.79 Å². The number of carbonyl (C=O) groups is 1. The maximum absolute atomic E-state index is 12.6. The highest BCUT2D eigenvalue weighted by Crippen LogP contribution is 2.26. The van der Waals surface area contributed by atoms with Crippen LogP contribution in [0.15, 0.2) is 66.7 Å². The van der Waals surface area contributed by atoms with E-state index in [0.717, 1.165) is 27.7 Å². The predicted octanol–water partition coefficient (Wildman–Crippen LogP) is 6.50. The van der Waals surface area contributed by atoms with Crippen LogP contribution in [0, 0.1) is 6.92 Å². The summed E-state index contributed by atoms with van der Waals surface area (Å²) in [5.41, 5.74) is 4.32. The van der Waals surface area contributed by atoms with Gasteiger partial charge in [0.05, 0.1) is 17.1 Å². The molecule has 1 heterocycles. The summed E-state index contributed by atoms with van der Waals surface area (Å²) in [5.74, 6) is 0.477. The zero-order valence-electron chi connectivity index (χ0n) is 17.6. The third-order valence-corrected chi connectivity index (χ3v) is 6.50. The van der Waals surface area contributed by atoms with Gasteiger partial charge in [0.2, 0.25) is 5.91 Å². The van der Waals surface area contributed by atoms with Gasteiger partial charge in [0.25, 0.3) is 0 Å². The number of fused-ring (bicyclic) bond motifs is 1. The quantitative estimate of drug-likeness (QED) is 0.391. The first kappa shape index (κ1) is 20.3. The summed E-state index contributed by atoms with van der Waals surface area (Å²) in [7, 11) is 0. The zero-order valence-corrected chi connectivity index (χ0v) is 18.4. The first-order valence-corrected chi connectivity index (χ1v) is 11.1. The summed E-state index contributed by atoms with van der Waals surface area (Å²) in [5, 5.41) is 6.56. The number of aryl methyl sites for hydroxylation is 1. The van der Waals surface area contributed by atoms with E-state index in [1.807, 2.05) is 19.1 Å². The Hall–Kier alpha value is -2.98. The number of thiazole rings is 1. The summed E-state index contributed by atoms with van der Waals surface area (Å²) in [4.78, 5) is 18.3. The Bertz CT molecular complexity index is 1170. The molecule has 0 bridgehead atoms. The van der Waals surface area contributed by atoms with Crippen LogP contribution in [0.5, 0.6) is 0 Å². The molecule has 0 atom stereocenters. The van der Waals surface area contributed by atoms with E-state index in [1.165, 1.54) is 21.9 Å². The lowest BCUT2D eigenvalue weighted by atomic mass is 10.0. The van der Waals surface area contributed by atoms with Gasteiger partial charge in [0.1, 0.15) is 0 Å². The molecule has 0 aliphatic rings. The summed E-state index contributed by atoms with van der Waals surface area (Å²) >= 11 is 1.64. The lowest BCUT2D eigenvalue weighted by Gasteiger charge is -2.08. The van der Waals surface area contributed by atoms with Gasteiger partial charge in [-0.25, -0.2) is 4.98 Å². The first-order valence-electron chi connectivity index (χ1n) is 10.3. The standard InChI is InChI=1S/C26H26N2OS/c1-17(2)19-11-13-22(14-12-19)28-25(29)16-24-18(3)27-26(30-24)15-21-9-6-8-20-7-4-5-10-23(20)21/h4-14,17H,15-16H2,1-3H3,(H,28,29). The highest BCUT2D eigenvalue weighted by atomic mass is 32.1. The Kier molecular flexibility index (Phi) is 5.96. The molecule has 0 aliphatic carbocycles. The molecule has 0 unspecified atom stereocenters. The van der Waals surface area contributed by atoms with Gasteiger partial charge >= 0.3 is 0 Å². The lowest BCUT2D eigenvalue weighted by Crippen LogP contribution is -2.14. The van der Waals surface area contributed by atoms with Crippen LogP contribution >= 0.6 is 11.3 Å². The van der Waals surface area contributed by atoms with E-state index in [2.05, 4.69) is 73.8 Å². The largest absolute Gasteiger partial charge is 0.326 e. The normalized spacial score (nSPS) is 11.2. The SMILES string of the molecule is Cc1nc(Cc2cccc3ccccc23)sc1CC(=O)Nc1ccc(C(C)C)cc1. The van der Waals surface area contributed by atoms with Crippen molar-refractivity contribution in [2.45, 2.75) is 39.5 Å². The minimum absolute atomic E-state index is 0.00393. The molecule has 0 spiro atoms. The van der Waals surface area contributed by atoms with Crippen molar-refractivity contribution in [1.82, 2.24) is 4.98 Å². The monoisotopic (exact) mass is 414 g/mol. The molecule has 0 radical (unpaired) electrons. The van der Waals surface area contributed by atoms with Gasteiger partial charge in [-0.2, -0.15) is 0 Å². The van der Waals surface area contributed by atoms with Gasteiger partial charge in [-0.05, 0) is 46.9 Å². The zero-order chi connectivity index (χ0) is 21.1. The maximum atomic E-state index is 12.6. The smallest absolute Gasteiger partial charge is 0.229 e. The number of nitrogens with zero attached hydrogens (tertiary/aromatic N) is 1.